The van der Waals surface area contributed by atoms with E-state index in [0.29, 0.717) is 5.57 Å². The van der Waals surface area contributed by atoms with Gasteiger partial charge in [-0.15, -0.1) is 0 Å². The van der Waals surface area contributed by atoms with Crippen LogP contribution in [0.4, 0.5) is 5.69 Å². The first-order chi connectivity index (χ1) is 11.4. The summed E-state index contributed by atoms with van der Waals surface area (Å²) in [5, 5.41) is 18.3. The van der Waals surface area contributed by atoms with Gasteiger partial charge in [0.05, 0.1) is 13.2 Å². The third-order valence-electron chi connectivity index (χ3n) is 3.87. The van der Waals surface area contributed by atoms with Gasteiger partial charge in [0.15, 0.2) is 0 Å². The van der Waals surface area contributed by atoms with Crippen molar-refractivity contribution >= 4 is 23.6 Å². The Morgan fingerprint density at radius 2 is 1.83 bits per heavy atom. The van der Waals surface area contributed by atoms with E-state index in [-0.39, 0.29) is 24.3 Å². The van der Waals surface area contributed by atoms with Crippen LogP contribution in [-0.2, 0) is 9.59 Å². The van der Waals surface area contributed by atoms with Gasteiger partial charge in [0.25, 0.3) is 11.8 Å². The number of hydrogen-bond donors (Lipinski definition) is 1. The quantitative estimate of drug-likeness (QED) is 0.667. The number of carbonyl (C=O) groups is 2. The Hall–Kier alpha value is -2.91. The Kier molecular flexibility index (Phi) is 5.17. The maximum absolute atomic E-state index is 12.6. The Labute approximate surface area is 140 Å². The standard InChI is InChI=1S/C18H19N3O3/c1-12-15(10-13-4-6-14(7-5-13)20(2)3)17(23)21(8-9-22)18(24)16(12)11-19/h4-7,10,22H,8-9H2,1-3H3. The van der Waals surface area contributed by atoms with Crippen molar-refractivity contribution in [1.29, 1.82) is 5.26 Å². The highest BCUT2D eigenvalue weighted by Gasteiger charge is 2.34. The summed E-state index contributed by atoms with van der Waals surface area (Å²) < 4.78 is 0. The van der Waals surface area contributed by atoms with E-state index >= 15 is 0 Å². The van der Waals surface area contributed by atoms with Crippen LogP contribution in [0.5, 0.6) is 0 Å². The molecule has 0 saturated carbocycles. The van der Waals surface area contributed by atoms with E-state index in [4.69, 9.17) is 5.11 Å². The van der Waals surface area contributed by atoms with Gasteiger partial charge in [-0.1, -0.05) is 12.1 Å². The minimum absolute atomic E-state index is 0.0702. The number of benzene rings is 1. The van der Waals surface area contributed by atoms with E-state index in [9.17, 15) is 14.9 Å². The largest absolute Gasteiger partial charge is 0.395 e. The van der Waals surface area contributed by atoms with Crippen molar-refractivity contribution in [2.75, 3.05) is 32.1 Å². The van der Waals surface area contributed by atoms with Crippen molar-refractivity contribution in [3.05, 3.63) is 46.5 Å². The summed E-state index contributed by atoms with van der Waals surface area (Å²) in [6.07, 6.45) is 1.66. The molecule has 1 heterocycles. The molecule has 6 heteroatoms. The van der Waals surface area contributed by atoms with Crippen molar-refractivity contribution in [2.45, 2.75) is 6.92 Å². The van der Waals surface area contributed by atoms with E-state index in [0.717, 1.165) is 16.2 Å². The Morgan fingerprint density at radius 1 is 1.21 bits per heavy atom. The molecule has 0 aromatic heterocycles. The molecule has 2 amide bonds. The normalized spacial score (nSPS) is 16.6. The summed E-state index contributed by atoms with van der Waals surface area (Å²) in [5.74, 6) is -1.16. The molecular formula is C18H19N3O3. The van der Waals surface area contributed by atoms with Crippen molar-refractivity contribution in [2.24, 2.45) is 0 Å². The van der Waals surface area contributed by atoms with Crippen LogP contribution in [0.25, 0.3) is 6.08 Å². The second-order valence-corrected chi connectivity index (χ2v) is 5.64. The molecule has 0 fully saturated rings. The van der Waals surface area contributed by atoms with Crippen molar-refractivity contribution in [1.82, 2.24) is 4.90 Å². The molecule has 1 aromatic rings. The number of β-amino-alcohol motifs (C(OH)–C–C–N with tert-alkyl or cyclic N) is 1. The molecule has 0 bridgehead atoms. The molecule has 1 N–H and O–H groups in total. The highest BCUT2D eigenvalue weighted by molar-refractivity contribution is 6.19. The number of nitrogens with zero attached hydrogens (tertiary/aromatic N) is 3. The zero-order chi connectivity index (χ0) is 17.9. The van der Waals surface area contributed by atoms with E-state index in [2.05, 4.69) is 0 Å². The fourth-order valence-corrected chi connectivity index (χ4v) is 2.47. The predicted molar refractivity (Wildman–Crippen MR) is 90.9 cm³/mol. The smallest absolute Gasteiger partial charge is 0.271 e. The molecular weight excluding hydrogens is 306 g/mol. The number of amides is 2. The van der Waals surface area contributed by atoms with Gasteiger partial charge in [-0.2, -0.15) is 5.26 Å². The molecule has 0 unspecified atom stereocenters. The summed E-state index contributed by atoms with van der Waals surface area (Å²) in [7, 11) is 3.87. The van der Waals surface area contributed by atoms with Crippen LogP contribution in [0.15, 0.2) is 41.0 Å². The number of anilines is 1. The molecule has 1 aromatic carbocycles. The summed E-state index contributed by atoms with van der Waals surface area (Å²) in [6, 6.07) is 9.42. The maximum atomic E-state index is 12.6. The molecule has 0 radical (unpaired) electrons. The second kappa shape index (κ2) is 7.11. The average Bonchev–Trinajstić information content (AvgIpc) is 2.56. The third kappa shape index (κ3) is 3.21. The lowest BCUT2D eigenvalue weighted by molar-refractivity contribution is -0.140. The Morgan fingerprint density at radius 3 is 2.33 bits per heavy atom. The number of carbonyl (C=O) groups excluding carboxylic acids is 2. The lowest BCUT2D eigenvalue weighted by atomic mass is 9.93. The highest BCUT2D eigenvalue weighted by Crippen LogP contribution is 2.27. The van der Waals surface area contributed by atoms with Crippen LogP contribution in [-0.4, -0.2) is 49.1 Å². The summed E-state index contributed by atoms with van der Waals surface area (Å²) in [6.45, 7) is 1.11. The Bertz CT molecular complexity index is 768. The minimum atomic E-state index is -0.658. The van der Waals surface area contributed by atoms with Gasteiger partial charge in [-0.3, -0.25) is 14.5 Å². The van der Waals surface area contributed by atoms with Crippen molar-refractivity contribution < 1.29 is 14.7 Å². The van der Waals surface area contributed by atoms with E-state index in [1.807, 2.05) is 49.3 Å². The summed E-state index contributed by atoms with van der Waals surface area (Å²) in [5.41, 5.74) is 2.39. The minimum Gasteiger partial charge on any atom is -0.395 e. The molecule has 6 nitrogen and oxygen atoms in total. The number of rotatable bonds is 4. The molecule has 124 valence electrons. The zero-order valence-electron chi connectivity index (χ0n) is 13.9. The Balaban J connectivity index is 2.49. The van der Waals surface area contributed by atoms with Crippen LogP contribution in [0.3, 0.4) is 0 Å². The molecule has 0 saturated heterocycles. The zero-order valence-corrected chi connectivity index (χ0v) is 13.9. The summed E-state index contributed by atoms with van der Waals surface area (Å²) >= 11 is 0. The van der Waals surface area contributed by atoms with Gasteiger partial charge in [-0.25, -0.2) is 0 Å². The molecule has 1 aliphatic rings. The van der Waals surface area contributed by atoms with Crippen LogP contribution in [0.2, 0.25) is 0 Å². The molecule has 1 aliphatic heterocycles. The summed E-state index contributed by atoms with van der Waals surface area (Å²) in [4.78, 5) is 27.6. The van der Waals surface area contributed by atoms with Crippen LogP contribution in [0, 0.1) is 11.3 Å². The fraction of sp³-hybridized carbons (Fsp3) is 0.278. The van der Waals surface area contributed by atoms with E-state index < -0.39 is 11.8 Å². The first-order valence-electron chi connectivity index (χ1n) is 7.48. The maximum Gasteiger partial charge on any atom is 0.271 e. The monoisotopic (exact) mass is 325 g/mol. The number of imide groups is 1. The van der Waals surface area contributed by atoms with Gasteiger partial charge in [-0.05, 0) is 36.3 Å². The number of aliphatic hydroxyl groups is 1. The number of nitriles is 1. The lowest BCUT2D eigenvalue weighted by Crippen LogP contribution is -2.44. The van der Waals surface area contributed by atoms with Gasteiger partial charge < -0.3 is 10.0 Å². The van der Waals surface area contributed by atoms with Crippen molar-refractivity contribution in [3.63, 3.8) is 0 Å². The SMILES string of the molecule is CC1=C(C#N)C(=O)N(CCO)C(=O)C1=Cc1ccc(N(C)C)cc1. The molecule has 0 spiro atoms. The van der Waals surface area contributed by atoms with Crippen molar-refractivity contribution in [3.8, 4) is 6.07 Å². The van der Waals surface area contributed by atoms with Gasteiger partial charge >= 0.3 is 0 Å². The third-order valence-corrected chi connectivity index (χ3v) is 3.87. The molecule has 0 aliphatic carbocycles. The second-order valence-electron chi connectivity index (χ2n) is 5.64. The van der Waals surface area contributed by atoms with Gasteiger partial charge in [0.1, 0.15) is 11.6 Å². The average molecular weight is 325 g/mol. The van der Waals surface area contributed by atoms with E-state index in [1.54, 1.807) is 13.0 Å². The van der Waals surface area contributed by atoms with Gasteiger partial charge in [0.2, 0.25) is 0 Å². The van der Waals surface area contributed by atoms with Gasteiger partial charge in [0, 0.05) is 25.4 Å². The number of hydrogen-bond acceptors (Lipinski definition) is 5. The van der Waals surface area contributed by atoms with Crippen LogP contribution < -0.4 is 4.90 Å². The molecule has 2 rings (SSSR count). The first-order valence-corrected chi connectivity index (χ1v) is 7.48. The number of aliphatic hydroxyl groups excluding tert-OH is 1. The van der Waals surface area contributed by atoms with Crippen LogP contribution in [0.1, 0.15) is 12.5 Å². The topological polar surface area (TPSA) is 84.6 Å². The van der Waals surface area contributed by atoms with Crippen LogP contribution >= 0.6 is 0 Å². The first kappa shape index (κ1) is 17.4. The van der Waals surface area contributed by atoms with E-state index in [1.165, 1.54) is 0 Å². The lowest BCUT2D eigenvalue weighted by Gasteiger charge is -2.26. The molecule has 0 atom stereocenters. The highest BCUT2D eigenvalue weighted by atomic mass is 16.3. The molecule has 24 heavy (non-hydrogen) atoms. The predicted octanol–water partition coefficient (Wildman–Crippen LogP) is 1.34. The fourth-order valence-electron chi connectivity index (χ4n) is 2.47.